The molecule has 1 N–H and O–H groups in total. The second kappa shape index (κ2) is 4.73. The van der Waals surface area contributed by atoms with Crippen molar-refractivity contribution in [3.63, 3.8) is 0 Å². The molecule has 0 amide bonds. The maximum Gasteiger partial charge on any atom is 0.417 e. The van der Waals surface area contributed by atoms with Gasteiger partial charge in [0.15, 0.2) is 11.5 Å². The average molecular weight is 287 g/mol. The number of rotatable bonds is 2. The van der Waals surface area contributed by atoms with E-state index in [4.69, 9.17) is 4.74 Å². The van der Waals surface area contributed by atoms with Crippen LogP contribution in [-0.4, -0.2) is 16.8 Å². The van der Waals surface area contributed by atoms with Gasteiger partial charge in [-0.25, -0.2) is 0 Å². The maximum absolute atomic E-state index is 13.0. The second-order valence-corrected chi connectivity index (χ2v) is 4.18. The molecule has 0 aliphatic rings. The van der Waals surface area contributed by atoms with E-state index >= 15 is 0 Å². The molecule has 4 nitrogen and oxygen atoms in total. The van der Waals surface area contributed by atoms with Gasteiger partial charge in [0.25, 0.3) is 5.56 Å². The summed E-state index contributed by atoms with van der Waals surface area (Å²) >= 11 is 0. The quantitative estimate of drug-likeness (QED) is 0.924. The van der Waals surface area contributed by atoms with E-state index in [1.54, 1.807) is 6.92 Å². The molecule has 7 heteroatoms. The van der Waals surface area contributed by atoms with E-state index in [-0.39, 0.29) is 23.2 Å². The van der Waals surface area contributed by atoms with Crippen LogP contribution < -0.4 is 10.3 Å². The summed E-state index contributed by atoms with van der Waals surface area (Å²) in [5.74, 6) is -0.398. The normalized spacial score (nSPS) is 11.8. The van der Waals surface area contributed by atoms with E-state index in [1.165, 1.54) is 17.7 Å². The molecule has 1 heterocycles. The van der Waals surface area contributed by atoms with E-state index in [0.29, 0.717) is 6.07 Å². The van der Waals surface area contributed by atoms with Crippen LogP contribution in [-0.2, 0) is 12.7 Å². The van der Waals surface area contributed by atoms with Crippen LogP contribution in [0.4, 0.5) is 13.2 Å². The number of hydrogen-bond donors (Lipinski definition) is 1. The number of halogens is 3. The molecule has 0 radical (unpaired) electrons. The van der Waals surface area contributed by atoms with E-state index in [0.717, 1.165) is 6.07 Å². The molecule has 108 valence electrons. The van der Waals surface area contributed by atoms with Crippen LogP contribution in [0.25, 0.3) is 10.9 Å². The number of aromatic hydroxyl groups is 1. The summed E-state index contributed by atoms with van der Waals surface area (Å²) < 4.78 is 45.0. The van der Waals surface area contributed by atoms with Crippen LogP contribution in [0.2, 0.25) is 0 Å². The van der Waals surface area contributed by atoms with Crippen LogP contribution in [0.15, 0.2) is 23.0 Å². The van der Waals surface area contributed by atoms with E-state index < -0.39 is 23.0 Å². The molecule has 0 unspecified atom stereocenters. The smallest absolute Gasteiger partial charge is 0.417 e. The first-order valence-corrected chi connectivity index (χ1v) is 5.81. The zero-order chi connectivity index (χ0) is 15.1. The lowest BCUT2D eigenvalue weighted by Gasteiger charge is -2.15. The number of fused-ring (bicyclic) bond motifs is 1. The monoisotopic (exact) mass is 287 g/mol. The Kier molecular flexibility index (Phi) is 3.37. The van der Waals surface area contributed by atoms with Gasteiger partial charge in [-0.1, -0.05) is 0 Å². The number of aromatic nitrogens is 1. The number of aryl methyl sites for hydroxylation is 1. The minimum atomic E-state index is -4.68. The van der Waals surface area contributed by atoms with Gasteiger partial charge >= 0.3 is 6.18 Å². The van der Waals surface area contributed by atoms with Gasteiger partial charge in [-0.05, 0) is 13.0 Å². The molecular formula is C13H12F3NO3. The van der Waals surface area contributed by atoms with Crippen LogP contribution in [0.3, 0.4) is 0 Å². The zero-order valence-corrected chi connectivity index (χ0v) is 10.8. The summed E-state index contributed by atoms with van der Waals surface area (Å²) in [6, 6.07) is 2.73. The summed E-state index contributed by atoms with van der Waals surface area (Å²) in [4.78, 5) is 11.8. The predicted molar refractivity (Wildman–Crippen MR) is 67.1 cm³/mol. The Morgan fingerprint density at radius 2 is 1.95 bits per heavy atom. The topological polar surface area (TPSA) is 51.5 Å². The fraction of sp³-hybridized carbons (Fsp3) is 0.308. The molecule has 0 fully saturated rings. The van der Waals surface area contributed by atoms with Gasteiger partial charge in [0, 0.05) is 24.1 Å². The summed E-state index contributed by atoms with van der Waals surface area (Å²) in [7, 11) is 1.28. The number of phenols is 1. The molecule has 2 aromatic rings. The Morgan fingerprint density at radius 3 is 2.45 bits per heavy atom. The minimum Gasteiger partial charge on any atom is -0.504 e. The van der Waals surface area contributed by atoms with Gasteiger partial charge in [0.2, 0.25) is 0 Å². The number of nitrogens with zero attached hydrogens (tertiary/aromatic N) is 1. The maximum atomic E-state index is 13.0. The van der Waals surface area contributed by atoms with Crippen molar-refractivity contribution in [2.45, 2.75) is 19.6 Å². The Labute approximate surface area is 112 Å². The van der Waals surface area contributed by atoms with Crippen molar-refractivity contribution in [2.75, 3.05) is 7.11 Å². The largest absolute Gasteiger partial charge is 0.504 e. The van der Waals surface area contributed by atoms with Crippen molar-refractivity contribution in [3.8, 4) is 11.5 Å². The summed E-state index contributed by atoms with van der Waals surface area (Å²) in [5, 5.41) is 9.41. The van der Waals surface area contributed by atoms with Crippen molar-refractivity contribution in [2.24, 2.45) is 0 Å². The van der Waals surface area contributed by atoms with Gasteiger partial charge in [-0.2, -0.15) is 13.2 Å². The Bertz CT molecular complexity index is 719. The number of ether oxygens (including phenoxy) is 1. The van der Waals surface area contributed by atoms with Gasteiger partial charge in [-0.3, -0.25) is 4.79 Å². The highest BCUT2D eigenvalue weighted by molar-refractivity contribution is 5.86. The first kappa shape index (κ1) is 14.2. The Balaban J connectivity index is 2.99. The molecule has 0 saturated heterocycles. The molecular weight excluding hydrogens is 275 g/mol. The van der Waals surface area contributed by atoms with Crippen molar-refractivity contribution < 1.29 is 23.0 Å². The lowest BCUT2D eigenvalue weighted by Crippen LogP contribution is -2.22. The van der Waals surface area contributed by atoms with Crippen LogP contribution in [0.5, 0.6) is 11.5 Å². The fourth-order valence-electron chi connectivity index (χ4n) is 2.12. The zero-order valence-electron chi connectivity index (χ0n) is 10.8. The van der Waals surface area contributed by atoms with Crippen molar-refractivity contribution >= 4 is 10.9 Å². The molecule has 1 aromatic carbocycles. The highest BCUT2D eigenvalue weighted by Crippen LogP contribution is 2.38. The third-order valence-electron chi connectivity index (χ3n) is 3.03. The molecule has 0 aliphatic heterocycles. The fourth-order valence-corrected chi connectivity index (χ4v) is 2.12. The number of benzene rings is 1. The third-order valence-corrected chi connectivity index (χ3v) is 3.03. The van der Waals surface area contributed by atoms with Crippen LogP contribution in [0.1, 0.15) is 12.5 Å². The van der Waals surface area contributed by atoms with Gasteiger partial charge in [0.05, 0.1) is 18.2 Å². The molecule has 0 bridgehead atoms. The first-order chi connectivity index (χ1) is 9.29. The first-order valence-electron chi connectivity index (χ1n) is 5.81. The van der Waals surface area contributed by atoms with Crippen LogP contribution >= 0.6 is 0 Å². The molecule has 2 rings (SSSR count). The molecule has 20 heavy (non-hydrogen) atoms. The molecule has 0 saturated carbocycles. The average Bonchev–Trinajstić information content (AvgIpc) is 2.36. The van der Waals surface area contributed by atoms with E-state index in [2.05, 4.69) is 0 Å². The van der Waals surface area contributed by atoms with Crippen molar-refractivity contribution in [1.82, 2.24) is 4.57 Å². The minimum absolute atomic E-state index is 0.0124. The van der Waals surface area contributed by atoms with Gasteiger partial charge in [-0.15, -0.1) is 0 Å². The van der Waals surface area contributed by atoms with Crippen LogP contribution in [0, 0.1) is 0 Å². The predicted octanol–water partition coefficient (Wildman–Crippen LogP) is 2.75. The molecule has 0 aliphatic carbocycles. The highest BCUT2D eigenvalue weighted by atomic mass is 19.4. The molecule has 0 atom stereocenters. The number of phenolic OH excluding ortho intramolecular Hbond substituents is 1. The van der Waals surface area contributed by atoms with Gasteiger partial charge in [0.1, 0.15) is 0 Å². The Hall–Kier alpha value is -2.18. The van der Waals surface area contributed by atoms with Crippen molar-refractivity contribution in [1.29, 1.82) is 0 Å². The Morgan fingerprint density at radius 1 is 1.30 bits per heavy atom. The summed E-state index contributed by atoms with van der Waals surface area (Å²) in [5.41, 5.74) is -1.75. The lowest BCUT2D eigenvalue weighted by atomic mass is 10.1. The lowest BCUT2D eigenvalue weighted by molar-refractivity contribution is -0.136. The van der Waals surface area contributed by atoms with E-state index in [1.807, 2.05) is 0 Å². The highest BCUT2D eigenvalue weighted by Gasteiger charge is 2.34. The molecule has 1 aromatic heterocycles. The summed E-state index contributed by atoms with van der Waals surface area (Å²) in [6.07, 6.45) is -4.68. The summed E-state index contributed by atoms with van der Waals surface area (Å²) in [6.45, 7) is 1.86. The number of alkyl halides is 3. The number of hydrogen-bond acceptors (Lipinski definition) is 3. The van der Waals surface area contributed by atoms with Gasteiger partial charge < -0.3 is 14.4 Å². The second-order valence-electron chi connectivity index (χ2n) is 4.18. The molecule has 0 spiro atoms. The number of methoxy groups -OCH3 is 1. The van der Waals surface area contributed by atoms with Crippen molar-refractivity contribution in [3.05, 3.63) is 34.1 Å². The third kappa shape index (κ3) is 2.19. The SMILES string of the molecule is CCn1c(=O)cc(C(F)(F)F)c2cc(O)c(OC)cc21. The number of pyridine rings is 1. The van der Waals surface area contributed by atoms with E-state index in [9.17, 15) is 23.1 Å². The standard InChI is InChI=1S/C13H12F3NO3/c1-3-17-9-6-11(20-2)10(18)4-7(9)8(5-12(17)19)13(14,15)16/h4-6,18H,3H2,1-2H3.